The topological polar surface area (TPSA) is 37.3 Å². The van der Waals surface area contributed by atoms with Gasteiger partial charge in [-0.05, 0) is 17.5 Å². The van der Waals surface area contributed by atoms with Crippen molar-refractivity contribution in [3.8, 4) is 0 Å². The number of carbonyl (C=O) groups is 1. The van der Waals surface area contributed by atoms with Crippen LogP contribution in [0.25, 0.3) is 6.08 Å². The van der Waals surface area contributed by atoms with Crippen LogP contribution in [0.1, 0.15) is 29.3 Å². The summed E-state index contributed by atoms with van der Waals surface area (Å²) in [4.78, 5) is 10.4. The normalized spacial score (nSPS) is 12.1. The van der Waals surface area contributed by atoms with Gasteiger partial charge in [0, 0.05) is 6.42 Å². The van der Waals surface area contributed by atoms with E-state index in [-0.39, 0.29) is 11.8 Å². The maximum atomic E-state index is 10.4. The predicted octanol–water partition coefficient (Wildman–Crippen LogP) is 3.47. The Morgan fingerprint density at radius 2 is 2.07 bits per heavy atom. The summed E-state index contributed by atoms with van der Waals surface area (Å²) in [5, 5.41) is 8.28. The molecule has 1 atom stereocenters. The highest BCUT2D eigenvalue weighted by molar-refractivity contribution is 6.20. The van der Waals surface area contributed by atoms with E-state index in [2.05, 4.69) is 6.58 Å². The van der Waals surface area contributed by atoms with Gasteiger partial charge >= 0.3 is 5.97 Å². The molecule has 80 valence electrons. The standard InChI is InChI=1S/C12H13ClO2/c1-2-9-3-5-10(6-4-9)11(13)7-8-12(14)15/h2-6,11H,1,7-8H2,(H,14,15). The number of aliphatic carboxylic acids is 1. The van der Waals surface area contributed by atoms with Gasteiger partial charge in [-0.2, -0.15) is 0 Å². The van der Waals surface area contributed by atoms with Crippen LogP contribution in [0.5, 0.6) is 0 Å². The molecule has 1 N–H and O–H groups in total. The molecule has 0 bridgehead atoms. The van der Waals surface area contributed by atoms with Gasteiger partial charge in [-0.3, -0.25) is 4.79 Å². The maximum absolute atomic E-state index is 10.4. The highest BCUT2D eigenvalue weighted by Crippen LogP contribution is 2.25. The average molecular weight is 225 g/mol. The number of hydrogen-bond donors (Lipinski definition) is 1. The Labute approximate surface area is 94.2 Å². The number of carboxylic acids is 1. The van der Waals surface area contributed by atoms with Crippen molar-refractivity contribution in [1.29, 1.82) is 0 Å². The monoisotopic (exact) mass is 224 g/mol. The van der Waals surface area contributed by atoms with Crippen LogP contribution in [0.3, 0.4) is 0 Å². The highest BCUT2D eigenvalue weighted by Gasteiger charge is 2.09. The summed E-state index contributed by atoms with van der Waals surface area (Å²) in [5.74, 6) is -0.816. The molecule has 0 saturated heterocycles. The van der Waals surface area contributed by atoms with Gasteiger partial charge in [0.05, 0.1) is 5.38 Å². The molecule has 1 unspecified atom stereocenters. The smallest absolute Gasteiger partial charge is 0.303 e. The minimum Gasteiger partial charge on any atom is -0.481 e. The third kappa shape index (κ3) is 3.76. The van der Waals surface area contributed by atoms with Gasteiger partial charge < -0.3 is 5.11 Å². The second kappa shape index (κ2) is 5.56. The van der Waals surface area contributed by atoms with E-state index in [0.717, 1.165) is 11.1 Å². The molecule has 1 rings (SSSR count). The molecule has 1 aromatic rings. The van der Waals surface area contributed by atoms with E-state index < -0.39 is 5.97 Å². The first-order chi connectivity index (χ1) is 7.13. The first-order valence-electron chi connectivity index (χ1n) is 4.71. The lowest BCUT2D eigenvalue weighted by atomic mass is 10.1. The molecule has 0 amide bonds. The van der Waals surface area contributed by atoms with Crippen LogP contribution in [-0.2, 0) is 4.79 Å². The van der Waals surface area contributed by atoms with E-state index in [0.29, 0.717) is 6.42 Å². The van der Waals surface area contributed by atoms with Crippen LogP contribution >= 0.6 is 11.6 Å². The lowest BCUT2D eigenvalue weighted by molar-refractivity contribution is -0.137. The predicted molar refractivity (Wildman–Crippen MR) is 62.0 cm³/mol. The van der Waals surface area contributed by atoms with E-state index in [1.165, 1.54) is 0 Å². The third-order valence-corrected chi connectivity index (χ3v) is 2.62. The molecule has 3 heteroatoms. The maximum Gasteiger partial charge on any atom is 0.303 e. The summed E-state index contributed by atoms with van der Waals surface area (Å²) < 4.78 is 0. The molecule has 0 aliphatic carbocycles. The van der Waals surface area contributed by atoms with Gasteiger partial charge in [0.2, 0.25) is 0 Å². The molecule has 0 aromatic heterocycles. The van der Waals surface area contributed by atoms with Crippen LogP contribution < -0.4 is 0 Å². The molecular formula is C12H13ClO2. The highest BCUT2D eigenvalue weighted by atomic mass is 35.5. The molecule has 0 heterocycles. The first kappa shape index (κ1) is 11.8. The molecular weight excluding hydrogens is 212 g/mol. The Balaban J connectivity index is 2.61. The lowest BCUT2D eigenvalue weighted by Crippen LogP contribution is -1.98. The number of hydrogen-bond acceptors (Lipinski definition) is 1. The molecule has 0 aliphatic rings. The Kier molecular flexibility index (Phi) is 4.37. The SMILES string of the molecule is C=Cc1ccc(C(Cl)CCC(=O)O)cc1. The fourth-order valence-electron chi connectivity index (χ4n) is 1.26. The minimum atomic E-state index is -0.816. The summed E-state index contributed by atoms with van der Waals surface area (Å²) in [5.41, 5.74) is 1.98. The van der Waals surface area contributed by atoms with E-state index in [1.807, 2.05) is 24.3 Å². The van der Waals surface area contributed by atoms with Crippen molar-refractivity contribution in [3.63, 3.8) is 0 Å². The second-order valence-corrected chi connectivity index (χ2v) is 3.80. The van der Waals surface area contributed by atoms with Gasteiger partial charge in [0.15, 0.2) is 0 Å². The number of benzene rings is 1. The third-order valence-electron chi connectivity index (χ3n) is 2.15. The van der Waals surface area contributed by atoms with Crippen LogP contribution in [0.15, 0.2) is 30.8 Å². The first-order valence-corrected chi connectivity index (χ1v) is 5.15. The van der Waals surface area contributed by atoms with Crippen molar-refractivity contribution in [2.75, 3.05) is 0 Å². The van der Waals surface area contributed by atoms with E-state index in [1.54, 1.807) is 6.08 Å². The molecule has 0 radical (unpaired) electrons. The largest absolute Gasteiger partial charge is 0.481 e. The fourth-order valence-corrected chi connectivity index (χ4v) is 1.51. The average Bonchev–Trinajstić information content (AvgIpc) is 2.26. The molecule has 0 aliphatic heterocycles. The van der Waals surface area contributed by atoms with Crippen LogP contribution in [0.2, 0.25) is 0 Å². The van der Waals surface area contributed by atoms with Crippen molar-refractivity contribution in [2.24, 2.45) is 0 Å². The van der Waals surface area contributed by atoms with E-state index in [4.69, 9.17) is 16.7 Å². The molecule has 0 saturated carbocycles. The van der Waals surface area contributed by atoms with Crippen LogP contribution in [-0.4, -0.2) is 11.1 Å². The van der Waals surface area contributed by atoms with Crippen LogP contribution in [0, 0.1) is 0 Å². The number of halogens is 1. The quantitative estimate of drug-likeness (QED) is 0.778. The number of rotatable bonds is 5. The summed E-state index contributed by atoms with van der Waals surface area (Å²) in [7, 11) is 0. The van der Waals surface area contributed by atoms with Gasteiger partial charge in [0.25, 0.3) is 0 Å². The lowest BCUT2D eigenvalue weighted by Gasteiger charge is -2.08. The Bertz CT molecular complexity index is 343. The van der Waals surface area contributed by atoms with Gasteiger partial charge in [-0.15, -0.1) is 11.6 Å². The van der Waals surface area contributed by atoms with Gasteiger partial charge in [0.1, 0.15) is 0 Å². The molecule has 0 fully saturated rings. The Morgan fingerprint density at radius 1 is 1.47 bits per heavy atom. The second-order valence-electron chi connectivity index (χ2n) is 3.27. The molecule has 2 nitrogen and oxygen atoms in total. The molecule has 15 heavy (non-hydrogen) atoms. The van der Waals surface area contributed by atoms with Crippen molar-refractivity contribution >= 4 is 23.6 Å². The zero-order valence-electron chi connectivity index (χ0n) is 8.32. The summed E-state index contributed by atoms with van der Waals surface area (Å²) in [6.45, 7) is 3.65. The number of carboxylic acid groups (broad SMARTS) is 1. The van der Waals surface area contributed by atoms with E-state index >= 15 is 0 Å². The van der Waals surface area contributed by atoms with Gasteiger partial charge in [-0.1, -0.05) is 36.9 Å². The van der Waals surface area contributed by atoms with Gasteiger partial charge in [-0.25, -0.2) is 0 Å². The fraction of sp³-hybridized carbons (Fsp3) is 0.250. The van der Waals surface area contributed by atoms with Crippen LogP contribution in [0.4, 0.5) is 0 Å². The van der Waals surface area contributed by atoms with E-state index in [9.17, 15) is 4.79 Å². The molecule has 0 spiro atoms. The van der Waals surface area contributed by atoms with Crippen molar-refractivity contribution < 1.29 is 9.90 Å². The Morgan fingerprint density at radius 3 is 2.53 bits per heavy atom. The number of alkyl halides is 1. The summed E-state index contributed by atoms with van der Waals surface area (Å²) in [6.07, 6.45) is 2.30. The van der Waals surface area contributed by atoms with Crippen molar-refractivity contribution in [1.82, 2.24) is 0 Å². The van der Waals surface area contributed by atoms with Crippen molar-refractivity contribution in [3.05, 3.63) is 42.0 Å². The summed E-state index contributed by atoms with van der Waals surface area (Å²) >= 11 is 6.06. The molecule has 1 aromatic carbocycles. The summed E-state index contributed by atoms with van der Waals surface area (Å²) in [6, 6.07) is 7.63. The zero-order chi connectivity index (χ0) is 11.3. The van der Waals surface area contributed by atoms with Crippen molar-refractivity contribution in [2.45, 2.75) is 18.2 Å². The minimum absolute atomic E-state index is 0.0946. The Hall–Kier alpha value is -1.28. The zero-order valence-corrected chi connectivity index (χ0v) is 9.07.